The van der Waals surface area contributed by atoms with E-state index in [1.807, 2.05) is 23.1 Å². The average molecular weight is 1220 g/mol. The van der Waals surface area contributed by atoms with Gasteiger partial charge in [-0.1, -0.05) is 217 Å². The minimum atomic E-state index is -0.164. The largest absolute Gasteiger partial charge is 0.311 e. The predicted octanol–water partition coefficient (Wildman–Crippen LogP) is 19.5. The molecule has 0 unspecified atom stereocenters. The molecule has 0 spiro atoms. The smallest absolute Gasteiger partial charge is 0.252 e. The van der Waals surface area contributed by atoms with E-state index in [4.69, 9.17) is 0 Å². The first kappa shape index (κ1) is 53.6. The molecule has 0 saturated carbocycles. The van der Waals surface area contributed by atoms with E-state index in [0.29, 0.717) is 0 Å². The summed E-state index contributed by atoms with van der Waals surface area (Å²) in [6, 6.07) is 124. The molecular weight excluding hydrogens is 1160 g/mol. The van der Waals surface area contributed by atoms with Gasteiger partial charge >= 0.3 is 0 Å². The summed E-state index contributed by atoms with van der Waals surface area (Å²) in [6.07, 6.45) is 0. The van der Waals surface area contributed by atoms with Gasteiger partial charge in [-0.3, -0.25) is 0 Å². The van der Waals surface area contributed by atoms with E-state index >= 15 is 0 Å². The zero-order valence-corrected chi connectivity index (χ0v) is 52.1. The fourth-order valence-electron chi connectivity index (χ4n) is 15.3. The third-order valence-electron chi connectivity index (χ3n) is 19.2. The molecule has 1 aromatic heterocycles. The Morgan fingerprint density at radius 2 is 0.699 bits per heavy atom. The number of thiophene rings is 1. The first-order chi connectivity index (χ1) is 46.2. The first-order valence-electron chi connectivity index (χ1n) is 31.9. The minimum Gasteiger partial charge on any atom is -0.311 e. The summed E-state index contributed by atoms with van der Waals surface area (Å²) in [5.74, 6) is 0. The summed E-state index contributed by atoms with van der Waals surface area (Å²) < 4.78 is 2.54. The minimum absolute atomic E-state index is 0.0984. The molecule has 14 aromatic carbocycles. The lowest BCUT2D eigenvalue weighted by Gasteiger charge is -2.46. The highest BCUT2D eigenvalue weighted by Gasteiger charge is 2.48. The van der Waals surface area contributed by atoms with Gasteiger partial charge in [-0.25, -0.2) is 0 Å². The molecule has 0 bridgehead atoms. The van der Waals surface area contributed by atoms with Crippen LogP contribution in [0.15, 0.2) is 343 Å². The Labute approximate surface area is 550 Å². The van der Waals surface area contributed by atoms with Crippen LogP contribution in [0.25, 0.3) is 31.3 Å². The van der Waals surface area contributed by atoms with Gasteiger partial charge < -0.3 is 24.5 Å². The lowest BCUT2D eigenvalue weighted by atomic mass is 9.31. The Bertz CT molecular complexity index is 5330. The third-order valence-corrected chi connectivity index (χ3v) is 21.4. The van der Waals surface area contributed by atoms with Crippen molar-refractivity contribution >= 4 is 175 Å². The number of nitrogens with zero attached hydrogens (tertiary/aromatic N) is 5. The lowest BCUT2D eigenvalue weighted by molar-refractivity contribution is 1.22. The van der Waals surface area contributed by atoms with Crippen molar-refractivity contribution < 1.29 is 0 Å². The van der Waals surface area contributed by atoms with Gasteiger partial charge in [-0.05, 0) is 166 Å². The highest BCUT2D eigenvalue weighted by atomic mass is 32.2. The first-order valence-corrected chi connectivity index (χ1v) is 33.5. The highest BCUT2D eigenvalue weighted by molar-refractivity contribution is 8.00. The molecule has 0 amide bonds. The van der Waals surface area contributed by atoms with Gasteiger partial charge in [-0.2, -0.15) is 0 Å². The van der Waals surface area contributed by atoms with Crippen LogP contribution < -0.4 is 57.3 Å². The van der Waals surface area contributed by atoms with Crippen molar-refractivity contribution in [3.63, 3.8) is 0 Å². The third kappa shape index (κ3) is 8.58. The van der Waals surface area contributed by atoms with Crippen LogP contribution in [0, 0.1) is 0 Å². The number of hydrogen-bond donors (Lipinski definition) is 0. The van der Waals surface area contributed by atoms with Crippen molar-refractivity contribution in [2.75, 3.05) is 24.5 Å². The Hall–Kier alpha value is -11.2. The van der Waals surface area contributed by atoms with Crippen LogP contribution in [0.5, 0.6) is 0 Å². The number of fused-ring (bicyclic) bond motifs is 11. The van der Waals surface area contributed by atoms with Crippen LogP contribution in [0.3, 0.4) is 0 Å². The molecule has 0 saturated heterocycles. The molecule has 9 heteroatoms. The SMILES string of the molecule is c1ccc(-c2cc3sc4ccccc4c3cc2N2c3cc4c(cc3B3c5ccccc5N(c5ccccc5)c5cc(N(c6ccccc6)c6ccccc6)cc2c53)B2c3ccccc3N(c3ccccc3)c3cc(N(c5ccccc5)c5ccccc5)cc(c32)S4)cc1. The van der Waals surface area contributed by atoms with E-state index in [0.717, 1.165) is 73.8 Å². The maximum atomic E-state index is 2.68. The molecule has 0 N–H and O–H groups in total. The van der Waals surface area contributed by atoms with Crippen molar-refractivity contribution in [3.8, 4) is 11.1 Å². The van der Waals surface area contributed by atoms with Crippen molar-refractivity contribution in [1.82, 2.24) is 0 Å². The summed E-state index contributed by atoms with van der Waals surface area (Å²) in [5, 5.41) is 2.51. The number of rotatable bonds is 10. The topological polar surface area (TPSA) is 16.2 Å². The Balaban J connectivity index is 0.940. The molecule has 0 radical (unpaired) electrons. The maximum Gasteiger partial charge on any atom is 0.252 e. The second-order valence-electron chi connectivity index (χ2n) is 24.3. The second-order valence-corrected chi connectivity index (χ2v) is 26.5. The van der Waals surface area contributed by atoms with Crippen molar-refractivity contribution in [1.29, 1.82) is 0 Å². The number of benzene rings is 14. The van der Waals surface area contributed by atoms with Crippen molar-refractivity contribution in [2.24, 2.45) is 0 Å². The van der Waals surface area contributed by atoms with Gasteiger partial charge in [0.1, 0.15) is 0 Å². The molecule has 5 nitrogen and oxygen atoms in total. The molecule has 0 aliphatic carbocycles. The fraction of sp³-hybridized carbons (Fsp3) is 0. The van der Waals surface area contributed by atoms with Crippen LogP contribution in [-0.2, 0) is 0 Å². The van der Waals surface area contributed by atoms with Crippen LogP contribution in [0.4, 0.5) is 85.3 Å². The molecule has 0 fully saturated rings. The summed E-state index contributed by atoms with van der Waals surface area (Å²) in [7, 11) is 0. The molecule has 4 aliphatic rings. The molecule has 19 rings (SSSR count). The van der Waals surface area contributed by atoms with Crippen molar-refractivity contribution in [3.05, 3.63) is 334 Å². The van der Waals surface area contributed by atoms with Gasteiger partial charge in [0.25, 0.3) is 6.71 Å². The summed E-state index contributed by atoms with van der Waals surface area (Å²) in [5.41, 5.74) is 26.9. The molecule has 434 valence electrons. The number of para-hydroxylation sites is 8. The van der Waals surface area contributed by atoms with E-state index in [-0.39, 0.29) is 13.4 Å². The Morgan fingerprint density at radius 3 is 1.25 bits per heavy atom. The van der Waals surface area contributed by atoms with Crippen LogP contribution in [0.1, 0.15) is 0 Å². The van der Waals surface area contributed by atoms with Gasteiger partial charge in [0, 0.05) is 109 Å². The summed E-state index contributed by atoms with van der Waals surface area (Å²) in [4.78, 5) is 15.1. The fourth-order valence-corrected chi connectivity index (χ4v) is 17.7. The zero-order chi connectivity index (χ0) is 61.1. The summed E-state index contributed by atoms with van der Waals surface area (Å²) in [6.45, 7) is -0.263. The molecule has 0 atom stereocenters. The standard InChI is InChI=1S/C84H55B2N5S2/c1-8-28-56(29-9-1)66-53-80-67(65-42-22-27-47-79(65)92-80)52-74(66)91-75-55-81-71(86-69-44-24-26-46-73(69)90(62-40-20-7-21-41-62)78-50-64(51-82(93-81)84(78)86)88(59-34-14-4-15-35-59)60-36-16-5-17-37-60)54-70(75)85-68-43-23-25-45-72(68)89(61-38-18-6-19-39-61)76-48-63(49-77(91)83(76)85)87(57-30-10-2-11-31-57)58-32-12-3-13-33-58/h1-55H. The Morgan fingerprint density at radius 1 is 0.258 bits per heavy atom. The predicted molar refractivity (Wildman–Crippen MR) is 398 cm³/mol. The van der Waals surface area contributed by atoms with Crippen LogP contribution in [-0.4, -0.2) is 13.4 Å². The molecule has 15 aromatic rings. The van der Waals surface area contributed by atoms with E-state index < -0.39 is 0 Å². The molecule has 5 heterocycles. The maximum absolute atomic E-state index is 2.68. The molecular formula is C84H55B2N5S2. The van der Waals surface area contributed by atoms with Crippen LogP contribution >= 0.6 is 23.1 Å². The summed E-state index contributed by atoms with van der Waals surface area (Å²) >= 11 is 3.80. The highest BCUT2D eigenvalue weighted by Crippen LogP contribution is 2.54. The second kappa shape index (κ2) is 21.7. The van der Waals surface area contributed by atoms with E-state index in [1.54, 1.807) is 0 Å². The van der Waals surface area contributed by atoms with Gasteiger partial charge in [-0.15, -0.1) is 11.3 Å². The van der Waals surface area contributed by atoms with Crippen LogP contribution in [0.2, 0.25) is 0 Å². The van der Waals surface area contributed by atoms with Gasteiger partial charge in [0.15, 0.2) is 0 Å². The average Bonchev–Trinajstić information content (AvgIpc) is 0.750. The number of hydrogen-bond acceptors (Lipinski definition) is 7. The van der Waals surface area contributed by atoms with Gasteiger partial charge in [0.2, 0.25) is 6.71 Å². The quantitative estimate of drug-likeness (QED) is 0.126. The van der Waals surface area contributed by atoms with Gasteiger partial charge in [0.05, 0.1) is 11.4 Å². The monoisotopic (exact) mass is 1220 g/mol. The molecule has 93 heavy (non-hydrogen) atoms. The van der Waals surface area contributed by atoms with E-state index in [1.165, 1.54) is 85.4 Å². The number of anilines is 15. The lowest BCUT2D eigenvalue weighted by Crippen LogP contribution is -2.64. The van der Waals surface area contributed by atoms with E-state index in [9.17, 15) is 0 Å². The van der Waals surface area contributed by atoms with Crippen molar-refractivity contribution in [2.45, 2.75) is 9.79 Å². The molecule has 4 aliphatic heterocycles. The van der Waals surface area contributed by atoms with E-state index in [2.05, 4.69) is 358 Å². The zero-order valence-electron chi connectivity index (χ0n) is 50.5. The normalized spacial score (nSPS) is 13.0. The Kier molecular flexibility index (Phi) is 12.5.